The van der Waals surface area contributed by atoms with Crippen LogP contribution in [0.2, 0.25) is 0 Å². The summed E-state index contributed by atoms with van der Waals surface area (Å²) < 4.78 is 5.25. The topological polar surface area (TPSA) is 52.3 Å². The second-order valence-electron chi connectivity index (χ2n) is 6.26. The van der Waals surface area contributed by atoms with Crippen LogP contribution in [0.4, 0.5) is 0 Å². The Morgan fingerprint density at radius 1 is 1.32 bits per heavy atom. The molecule has 0 aromatic heterocycles. The van der Waals surface area contributed by atoms with Crippen LogP contribution in [-0.2, 0) is 11.2 Å². The van der Waals surface area contributed by atoms with Gasteiger partial charge in [0.05, 0.1) is 7.11 Å². The number of ketones is 1. The molecule has 19 heavy (non-hydrogen) atoms. The van der Waals surface area contributed by atoms with Crippen LogP contribution in [0.1, 0.15) is 39.2 Å². The van der Waals surface area contributed by atoms with E-state index in [0.29, 0.717) is 12.8 Å². The van der Waals surface area contributed by atoms with Crippen LogP contribution in [0.25, 0.3) is 0 Å². The molecule has 0 aliphatic carbocycles. The van der Waals surface area contributed by atoms with Gasteiger partial charge in [-0.3, -0.25) is 4.79 Å². The summed E-state index contributed by atoms with van der Waals surface area (Å²) >= 11 is 0. The number of hydrogen-bond acceptors (Lipinski definition) is 3. The van der Waals surface area contributed by atoms with Gasteiger partial charge in [0.25, 0.3) is 0 Å². The number of ether oxygens (including phenoxy) is 1. The van der Waals surface area contributed by atoms with Gasteiger partial charge in [-0.05, 0) is 17.9 Å². The Kier molecular flexibility index (Phi) is 5.55. The minimum atomic E-state index is -0.0674. The Morgan fingerprint density at radius 3 is 2.53 bits per heavy atom. The van der Waals surface area contributed by atoms with Gasteiger partial charge in [0, 0.05) is 24.4 Å². The zero-order valence-electron chi connectivity index (χ0n) is 12.4. The van der Waals surface area contributed by atoms with Crippen molar-refractivity contribution in [2.75, 3.05) is 7.11 Å². The van der Waals surface area contributed by atoms with Gasteiger partial charge in [-0.15, -0.1) is 0 Å². The maximum atomic E-state index is 12.0. The minimum Gasteiger partial charge on any atom is -0.496 e. The predicted molar refractivity (Wildman–Crippen MR) is 78.4 cm³/mol. The lowest BCUT2D eigenvalue weighted by Crippen LogP contribution is -2.29. The highest BCUT2D eigenvalue weighted by atomic mass is 16.5. The highest BCUT2D eigenvalue weighted by Gasteiger charge is 2.18. The standard InChI is InChI=1S/C16H25NO2/c1-16(2,3)11-13(17)10-14(18)9-12-7-5-6-8-15(12)19-4/h5-8,13H,9-11,17H2,1-4H3. The molecule has 0 aliphatic rings. The smallest absolute Gasteiger partial charge is 0.138 e. The maximum Gasteiger partial charge on any atom is 0.138 e. The molecule has 1 aromatic carbocycles. The molecule has 0 amide bonds. The molecule has 1 rings (SSSR count). The summed E-state index contributed by atoms with van der Waals surface area (Å²) in [5.41, 5.74) is 7.12. The van der Waals surface area contributed by atoms with E-state index < -0.39 is 0 Å². The number of hydrogen-bond donors (Lipinski definition) is 1. The first-order valence-electron chi connectivity index (χ1n) is 6.71. The number of nitrogens with two attached hydrogens (primary N) is 1. The highest BCUT2D eigenvalue weighted by molar-refractivity contribution is 5.82. The van der Waals surface area contributed by atoms with Crippen molar-refractivity contribution in [1.29, 1.82) is 0 Å². The van der Waals surface area contributed by atoms with Crippen molar-refractivity contribution in [3.05, 3.63) is 29.8 Å². The molecule has 3 heteroatoms. The van der Waals surface area contributed by atoms with Crippen molar-refractivity contribution in [3.63, 3.8) is 0 Å². The van der Waals surface area contributed by atoms with Crippen molar-refractivity contribution in [3.8, 4) is 5.75 Å². The van der Waals surface area contributed by atoms with Crippen LogP contribution in [0.15, 0.2) is 24.3 Å². The van der Waals surface area contributed by atoms with Gasteiger partial charge in [0.1, 0.15) is 11.5 Å². The number of benzene rings is 1. The largest absolute Gasteiger partial charge is 0.496 e. The molecule has 106 valence electrons. The summed E-state index contributed by atoms with van der Waals surface area (Å²) in [4.78, 5) is 12.0. The van der Waals surface area contributed by atoms with Gasteiger partial charge in [-0.1, -0.05) is 39.0 Å². The van der Waals surface area contributed by atoms with E-state index in [1.807, 2.05) is 24.3 Å². The van der Waals surface area contributed by atoms with Gasteiger partial charge < -0.3 is 10.5 Å². The van der Waals surface area contributed by atoms with Crippen molar-refractivity contribution in [2.45, 2.75) is 46.1 Å². The third-order valence-corrected chi connectivity index (χ3v) is 2.94. The van der Waals surface area contributed by atoms with E-state index in [1.54, 1.807) is 7.11 Å². The highest BCUT2D eigenvalue weighted by Crippen LogP contribution is 2.22. The predicted octanol–water partition coefficient (Wildman–Crippen LogP) is 2.96. The lowest BCUT2D eigenvalue weighted by Gasteiger charge is -2.22. The van der Waals surface area contributed by atoms with Crippen molar-refractivity contribution < 1.29 is 9.53 Å². The van der Waals surface area contributed by atoms with E-state index in [-0.39, 0.29) is 17.2 Å². The fourth-order valence-electron chi connectivity index (χ4n) is 2.28. The van der Waals surface area contributed by atoms with E-state index in [1.165, 1.54) is 0 Å². The molecule has 0 spiro atoms. The van der Waals surface area contributed by atoms with Gasteiger partial charge in [-0.2, -0.15) is 0 Å². The number of rotatable bonds is 6. The van der Waals surface area contributed by atoms with E-state index in [2.05, 4.69) is 20.8 Å². The molecule has 3 nitrogen and oxygen atoms in total. The van der Waals surface area contributed by atoms with E-state index >= 15 is 0 Å². The summed E-state index contributed by atoms with van der Waals surface area (Å²) in [7, 11) is 1.62. The summed E-state index contributed by atoms with van der Waals surface area (Å²) in [6.45, 7) is 6.41. The molecule has 1 aromatic rings. The Morgan fingerprint density at radius 2 is 1.95 bits per heavy atom. The van der Waals surface area contributed by atoms with Gasteiger partial charge in [0.15, 0.2) is 0 Å². The molecule has 0 fully saturated rings. The average molecular weight is 263 g/mol. The molecule has 0 saturated carbocycles. The number of carbonyl (C=O) groups is 1. The van der Waals surface area contributed by atoms with Crippen LogP contribution in [-0.4, -0.2) is 18.9 Å². The Balaban J connectivity index is 2.56. The summed E-state index contributed by atoms with van der Waals surface area (Å²) in [6.07, 6.45) is 1.67. The van der Waals surface area contributed by atoms with Crippen LogP contribution < -0.4 is 10.5 Å². The molecular weight excluding hydrogens is 238 g/mol. The molecule has 0 aliphatic heterocycles. The summed E-state index contributed by atoms with van der Waals surface area (Å²) in [5.74, 6) is 0.932. The molecular formula is C16H25NO2. The van der Waals surface area contributed by atoms with Gasteiger partial charge in [0.2, 0.25) is 0 Å². The fourth-order valence-corrected chi connectivity index (χ4v) is 2.28. The molecule has 1 atom stereocenters. The van der Waals surface area contributed by atoms with E-state index in [9.17, 15) is 4.79 Å². The van der Waals surface area contributed by atoms with Gasteiger partial charge >= 0.3 is 0 Å². The molecule has 2 N–H and O–H groups in total. The zero-order chi connectivity index (χ0) is 14.5. The number of methoxy groups -OCH3 is 1. The second kappa shape index (κ2) is 6.71. The molecule has 0 bridgehead atoms. The first kappa shape index (κ1) is 15.7. The Hall–Kier alpha value is -1.35. The Labute approximate surface area is 116 Å². The third kappa shape index (κ3) is 5.88. The lowest BCUT2D eigenvalue weighted by atomic mass is 9.86. The summed E-state index contributed by atoms with van der Waals surface area (Å²) in [6, 6.07) is 7.55. The first-order valence-corrected chi connectivity index (χ1v) is 6.71. The second-order valence-corrected chi connectivity index (χ2v) is 6.26. The number of Topliss-reactive ketones (excluding diaryl/α,β-unsaturated/α-hetero) is 1. The maximum absolute atomic E-state index is 12.0. The Bertz CT molecular complexity index is 421. The first-order chi connectivity index (χ1) is 8.81. The molecule has 0 heterocycles. The fraction of sp³-hybridized carbons (Fsp3) is 0.562. The molecule has 0 radical (unpaired) electrons. The third-order valence-electron chi connectivity index (χ3n) is 2.94. The van der Waals surface area contributed by atoms with Crippen LogP contribution in [0, 0.1) is 5.41 Å². The normalized spacial score (nSPS) is 13.1. The van der Waals surface area contributed by atoms with Crippen LogP contribution in [0.5, 0.6) is 5.75 Å². The quantitative estimate of drug-likeness (QED) is 0.858. The molecule has 0 saturated heterocycles. The summed E-state index contributed by atoms with van der Waals surface area (Å²) in [5, 5.41) is 0. The van der Waals surface area contributed by atoms with Crippen molar-refractivity contribution in [2.24, 2.45) is 11.1 Å². The minimum absolute atomic E-state index is 0.0674. The van der Waals surface area contributed by atoms with Crippen molar-refractivity contribution >= 4 is 5.78 Å². The van der Waals surface area contributed by atoms with Crippen LogP contribution in [0.3, 0.4) is 0 Å². The van der Waals surface area contributed by atoms with Crippen LogP contribution >= 0.6 is 0 Å². The van der Waals surface area contributed by atoms with Crippen molar-refractivity contribution in [1.82, 2.24) is 0 Å². The lowest BCUT2D eigenvalue weighted by molar-refractivity contribution is -0.118. The zero-order valence-corrected chi connectivity index (χ0v) is 12.4. The van der Waals surface area contributed by atoms with E-state index in [0.717, 1.165) is 17.7 Å². The SMILES string of the molecule is COc1ccccc1CC(=O)CC(N)CC(C)(C)C. The van der Waals surface area contributed by atoms with E-state index in [4.69, 9.17) is 10.5 Å². The average Bonchev–Trinajstić information content (AvgIpc) is 2.26. The molecule has 1 unspecified atom stereocenters. The number of carbonyl (C=O) groups excluding carboxylic acids is 1. The van der Waals surface area contributed by atoms with Gasteiger partial charge in [-0.25, -0.2) is 0 Å². The number of para-hydroxylation sites is 1. The monoisotopic (exact) mass is 263 g/mol.